The quantitative estimate of drug-likeness (QED) is 0.628. The first kappa shape index (κ1) is 18.2. The van der Waals surface area contributed by atoms with Gasteiger partial charge in [0.05, 0.1) is 0 Å². The minimum Gasteiger partial charge on any atom is -0.294 e. The molecule has 1 aliphatic carbocycles. The third-order valence-corrected chi connectivity index (χ3v) is 5.90. The number of halogens is 1. The molecule has 0 spiro atoms. The first-order valence-electron chi connectivity index (χ1n) is 9.25. The number of amides is 1. The van der Waals surface area contributed by atoms with Gasteiger partial charge in [0, 0.05) is 40.2 Å². The molecular weight excluding hydrogens is 402 g/mol. The molecule has 138 valence electrons. The Labute approximate surface area is 168 Å². The number of nitrogens with zero attached hydrogens (tertiary/aromatic N) is 1. The van der Waals surface area contributed by atoms with E-state index in [1.165, 1.54) is 0 Å². The van der Waals surface area contributed by atoms with Gasteiger partial charge < -0.3 is 0 Å². The van der Waals surface area contributed by atoms with Gasteiger partial charge in [-0.2, -0.15) is 0 Å². The average Bonchev–Trinajstić information content (AvgIpc) is 2.60. The second kappa shape index (κ2) is 6.75. The van der Waals surface area contributed by atoms with Crippen molar-refractivity contribution in [1.29, 1.82) is 0 Å². The Bertz CT molecular complexity index is 946. The van der Waals surface area contributed by atoms with Crippen molar-refractivity contribution in [2.75, 3.05) is 4.90 Å². The molecule has 2 aromatic carbocycles. The molecule has 2 aliphatic rings. The lowest BCUT2D eigenvalue weighted by molar-refractivity contribution is -0.121. The standard InChI is InChI=1S/C23H22BrNO2/c1-23(2)13-19-22(20(26)14-23)18(15-7-4-3-5-8-15)12-21(27)25(19)17-10-6-9-16(24)11-17/h3-11,18H,12-14H2,1-2H3. The summed E-state index contributed by atoms with van der Waals surface area (Å²) in [7, 11) is 0. The van der Waals surface area contributed by atoms with Gasteiger partial charge in [0.25, 0.3) is 0 Å². The van der Waals surface area contributed by atoms with Gasteiger partial charge in [0.2, 0.25) is 5.91 Å². The van der Waals surface area contributed by atoms with Crippen LogP contribution in [0.5, 0.6) is 0 Å². The minimum atomic E-state index is -0.154. The van der Waals surface area contributed by atoms with Crippen LogP contribution in [0.25, 0.3) is 0 Å². The fraction of sp³-hybridized carbons (Fsp3) is 0.304. The summed E-state index contributed by atoms with van der Waals surface area (Å²) in [5.74, 6) is 0.0644. The van der Waals surface area contributed by atoms with E-state index in [1.807, 2.05) is 54.6 Å². The number of anilines is 1. The van der Waals surface area contributed by atoms with Gasteiger partial charge in [-0.25, -0.2) is 0 Å². The SMILES string of the molecule is CC1(C)CC(=O)C2=C(C1)N(c1cccc(Br)c1)C(=O)CC2c1ccccc1. The molecule has 0 bridgehead atoms. The molecule has 1 aliphatic heterocycles. The van der Waals surface area contributed by atoms with E-state index < -0.39 is 0 Å². The van der Waals surface area contributed by atoms with E-state index in [0.717, 1.165) is 33.4 Å². The lowest BCUT2D eigenvalue weighted by atomic mass is 9.69. The van der Waals surface area contributed by atoms with Gasteiger partial charge in [0.15, 0.2) is 5.78 Å². The molecule has 0 saturated carbocycles. The molecule has 0 fully saturated rings. The number of ketones is 1. The Hall–Kier alpha value is -2.20. The number of benzene rings is 2. The average molecular weight is 424 g/mol. The van der Waals surface area contributed by atoms with Crippen molar-refractivity contribution in [1.82, 2.24) is 0 Å². The van der Waals surface area contributed by atoms with E-state index in [2.05, 4.69) is 29.8 Å². The number of carbonyl (C=O) groups excluding carboxylic acids is 2. The van der Waals surface area contributed by atoms with E-state index in [9.17, 15) is 9.59 Å². The Morgan fingerprint density at radius 3 is 2.44 bits per heavy atom. The molecule has 0 radical (unpaired) electrons. The lowest BCUT2D eigenvalue weighted by Crippen LogP contribution is -2.43. The van der Waals surface area contributed by atoms with Gasteiger partial charge in [-0.3, -0.25) is 14.5 Å². The summed E-state index contributed by atoms with van der Waals surface area (Å²) in [5, 5.41) is 0. The first-order chi connectivity index (χ1) is 12.9. The van der Waals surface area contributed by atoms with Crippen LogP contribution in [0.15, 0.2) is 70.3 Å². The molecule has 0 saturated heterocycles. The molecule has 27 heavy (non-hydrogen) atoms. The predicted molar refractivity (Wildman–Crippen MR) is 110 cm³/mol. The number of rotatable bonds is 2. The maximum absolute atomic E-state index is 13.2. The molecule has 2 aromatic rings. The Kier molecular flexibility index (Phi) is 4.55. The van der Waals surface area contributed by atoms with Crippen molar-refractivity contribution in [2.24, 2.45) is 5.41 Å². The van der Waals surface area contributed by atoms with Crippen LogP contribution in [0.1, 0.15) is 44.6 Å². The van der Waals surface area contributed by atoms with Crippen molar-refractivity contribution in [2.45, 2.75) is 39.0 Å². The topological polar surface area (TPSA) is 37.4 Å². The van der Waals surface area contributed by atoms with Gasteiger partial charge in [-0.15, -0.1) is 0 Å². The van der Waals surface area contributed by atoms with E-state index in [-0.39, 0.29) is 23.0 Å². The highest BCUT2D eigenvalue weighted by Crippen LogP contribution is 2.48. The van der Waals surface area contributed by atoms with Gasteiger partial charge in [-0.1, -0.05) is 66.2 Å². The maximum Gasteiger partial charge on any atom is 0.232 e. The zero-order chi connectivity index (χ0) is 19.2. The Morgan fingerprint density at radius 1 is 1.00 bits per heavy atom. The van der Waals surface area contributed by atoms with E-state index in [0.29, 0.717) is 12.8 Å². The Balaban J connectivity index is 1.91. The second-order valence-corrected chi connectivity index (χ2v) is 9.09. The van der Waals surface area contributed by atoms with Crippen molar-refractivity contribution >= 4 is 33.3 Å². The molecule has 4 rings (SSSR count). The summed E-state index contributed by atoms with van der Waals surface area (Å²) in [6.45, 7) is 4.20. The highest BCUT2D eigenvalue weighted by molar-refractivity contribution is 9.10. The van der Waals surface area contributed by atoms with Gasteiger partial charge in [-0.05, 0) is 35.6 Å². The largest absolute Gasteiger partial charge is 0.294 e. The third kappa shape index (κ3) is 3.39. The minimum absolute atomic E-state index is 0.0474. The number of Topliss-reactive ketones (excluding diaryl/α,β-unsaturated/α-hetero) is 1. The zero-order valence-corrected chi connectivity index (χ0v) is 17.1. The normalized spacial score (nSPS) is 22.0. The highest BCUT2D eigenvalue weighted by Gasteiger charge is 2.44. The van der Waals surface area contributed by atoms with E-state index in [4.69, 9.17) is 0 Å². The summed E-state index contributed by atoms with van der Waals surface area (Å²) >= 11 is 3.50. The molecule has 1 heterocycles. The van der Waals surface area contributed by atoms with Crippen molar-refractivity contribution in [3.8, 4) is 0 Å². The molecule has 1 atom stereocenters. The van der Waals surface area contributed by atoms with E-state index >= 15 is 0 Å². The molecule has 0 N–H and O–H groups in total. The third-order valence-electron chi connectivity index (χ3n) is 5.41. The van der Waals surface area contributed by atoms with E-state index in [1.54, 1.807) is 4.90 Å². The molecule has 1 unspecified atom stereocenters. The van der Waals surface area contributed by atoms with Crippen LogP contribution in [0.2, 0.25) is 0 Å². The first-order valence-corrected chi connectivity index (χ1v) is 10.0. The monoisotopic (exact) mass is 423 g/mol. The number of hydrogen-bond acceptors (Lipinski definition) is 2. The van der Waals surface area contributed by atoms with Crippen molar-refractivity contribution in [3.63, 3.8) is 0 Å². The fourth-order valence-electron chi connectivity index (χ4n) is 4.30. The summed E-state index contributed by atoms with van der Waals surface area (Å²) in [6.07, 6.45) is 1.56. The molecule has 3 nitrogen and oxygen atoms in total. The molecule has 0 aromatic heterocycles. The lowest BCUT2D eigenvalue weighted by Gasteiger charge is -2.43. The highest BCUT2D eigenvalue weighted by atomic mass is 79.9. The number of carbonyl (C=O) groups is 2. The van der Waals surface area contributed by atoms with Crippen LogP contribution in [0, 0.1) is 5.41 Å². The fourth-order valence-corrected chi connectivity index (χ4v) is 4.69. The van der Waals surface area contributed by atoms with Crippen molar-refractivity contribution in [3.05, 3.63) is 75.9 Å². The number of allylic oxidation sites excluding steroid dienone is 2. The van der Waals surface area contributed by atoms with Crippen LogP contribution in [-0.4, -0.2) is 11.7 Å². The molecular formula is C23H22BrNO2. The Morgan fingerprint density at radius 2 is 1.74 bits per heavy atom. The summed E-state index contributed by atoms with van der Waals surface area (Å²) in [6, 6.07) is 17.7. The van der Waals surface area contributed by atoms with Crippen molar-refractivity contribution < 1.29 is 9.59 Å². The van der Waals surface area contributed by atoms with Crippen LogP contribution in [0.3, 0.4) is 0 Å². The second-order valence-electron chi connectivity index (χ2n) is 8.18. The van der Waals surface area contributed by atoms with Crippen LogP contribution >= 0.6 is 15.9 Å². The molecule has 4 heteroatoms. The maximum atomic E-state index is 13.2. The zero-order valence-electron chi connectivity index (χ0n) is 15.5. The number of hydrogen-bond donors (Lipinski definition) is 0. The van der Waals surface area contributed by atoms with Crippen LogP contribution in [0.4, 0.5) is 5.69 Å². The summed E-state index contributed by atoms with van der Waals surface area (Å²) in [5.41, 5.74) is 3.40. The predicted octanol–water partition coefficient (Wildman–Crippen LogP) is 5.61. The summed E-state index contributed by atoms with van der Waals surface area (Å²) < 4.78 is 0.918. The summed E-state index contributed by atoms with van der Waals surface area (Å²) in [4.78, 5) is 28.2. The van der Waals surface area contributed by atoms with Crippen LogP contribution < -0.4 is 4.90 Å². The van der Waals surface area contributed by atoms with Gasteiger partial charge in [0.1, 0.15) is 0 Å². The smallest absolute Gasteiger partial charge is 0.232 e. The molecule has 1 amide bonds. The van der Waals surface area contributed by atoms with Crippen LogP contribution in [-0.2, 0) is 9.59 Å². The van der Waals surface area contributed by atoms with Gasteiger partial charge >= 0.3 is 0 Å².